The predicted molar refractivity (Wildman–Crippen MR) is 125 cm³/mol. The molecule has 0 fully saturated rings. The van der Waals surface area contributed by atoms with Crippen molar-refractivity contribution in [3.05, 3.63) is 89.1 Å². The zero-order valence-corrected chi connectivity index (χ0v) is 18.4. The molecule has 6 heteroatoms. The van der Waals surface area contributed by atoms with E-state index in [1.165, 1.54) is 7.11 Å². The second-order valence-electron chi connectivity index (χ2n) is 7.49. The minimum absolute atomic E-state index is 0.189. The van der Waals surface area contributed by atoms with E-state index in [-0.39, 0.29) is 5.70 Å². The van der Waals surface area contributed by atoms with Crippen LogP contribution in [0.2, 0.25) is 0 Å². The predicted octanol–water partition coefficient (Wildman–Crippen LogP) is 4.72. The number of ether oxygens (including phenoxy) is 2. The van der Waals surface area contributed by atoms with Crippen LogP contribution in [-0.2, 0) is 9.59 Å². The molecule has 0 radical (unpaired) electrons. The summed E-state index contributed by atoms with van der Waals surface area (Å²) in [5, 5.41) is 3.16. The summed E-state index contributed by atoms with van der Waals surface area (Å²) in [6, 6.07) is 20.0. The number of para-hydroxylation sites is 4. The molecule has 4 rings (SSSR count). The number of benzene rings is 3. The fourth-order valence-electron chi connectivity index (χ4n) is 3.73. The Morgan fingerprint density at radius 3 is 2.09 bits per heavy atom. The number of nitrogens with one attached hydrogen (secondary N) is 1. The Hall–Kier alpha value is -4.06. The van der Waals surface area contributed by atoms with Crippen LogP contribution in [0.15, 0.2) is 72.4 Å². The van der Waals surface area contributed by atoms with Crippen molar-refractivity contribution in [1.82, 2.24) is 0 Å². The summed E-state index contributed by atoms with van der Waals surface area (Å²) in [7, 11) is 3.07. The molecule has 1 heterocycles. The van der Waals surface area contributed by atoms with Crippen molar-refractivity contribution in [2.24, 2.45) is 0 Å². The van der Waals surface area contributed by atoms with Gasteiger partial charge in [0.25, 0.3) is 11.8 Å². The molecule has 0 unspecified atom stereocenters. The molecule has 0 atom stereocenters. The molecule has 0 spiro atoms. The zero-order chi connectivity index (χ0) is 22.8. The van der Waals surface area contributed by atoms with Crippen LogP contribution in [-0.4, -0.2) is 26.0 Å². The SMILES string of the molecule is COc1ccccc1NC1=C(c2ccc(C)c(C)c2)C(=O)N(c2ccccc2OC)C1=O. The fraction of sp³-hybridized carbons (Fsp3) is 0.154. The van der Waals surface area contributed by atoms with Gasteiger partial charge in [0.05, 0.1) is 31.2 Å². The van der Waals surface area contributed by atoms with Gasteiger partial charge in [0, 0.05) is 0 Å². The van der Waals surface area contributed by atoms with Crippen LogP contribution < -0.4 is 19.7 Å². The van der Waals surface area contributed by atoms with Gasteiger partial charge in [0.1, 0.15) is 17.2 Å². The number of hydrogen-bond acceptors (Lipinski definition) is 5. The van der Waals surface area contributed by atoms with E-state index >= 15 is 0 Å². The van der Waals surface area contributed by atoms with Crippen LogP contribution in [0.5, 0.6) is 11.5 Å². The maximum atomic E-state index is 13.7. The molecule has 2 amide bonds. The molecule has 1 aliphatic rings. The van der Waals surface area contributed by atoms with E-state index in [0.717, 1.165) is 16.0 Å². The van der Waals surface area contributed by atoms with Crippen molar-refractivity contribution >= 4 is 28.8 Å². The van der Waals surface area contributed by atoms with Crippen LogP contribution >= 0.6 is 0 Å². The van der Waals surface area contributed by atoms with Gasteiger partial charge in [0.2, 0.25) is 0 Å². The van der Waals surface area contributed by atoms with Gasteiger partial charge in [-0.25, -0.2) is 4.90 Å². The van der Waals surface area contributed by atoms with E-state index in [9.17, 15) is 9.59 Å². The lowest BCUT2D eigenvalue weighted by Gasteiger charge is -2.18. The first-order valence-electron chi connectivity index (χ1n) is 10.2. The van der Waals surface area contributed by atoms with Crippen LogP contribution in [0.1, 0.15) is 16.7 Å². The molecule has 0 saturated heterocycles. The molecule has 162 valence electrons. The second kappa shape index (κ2) is 8.59. The number of rotatable bonds is 6. The van der Waals surface area contributed by atoms with Crippen molar-refractivity contribution < 1.29 is 19.1 Å². The fourth-order valence-corrected chi connectivity index (χ4v) is 3.73. The standard InChI is InChI=1S/C26H24N2O4/c1-16-13-14-18(15-17(16)2)23-24(27-19-9-5-7-11-21(19)31-3)26(30)28(25(23)29)20-10-6-8-12-22(20)32-4/h5-15,27H,1-4H3. The van der Waals surface area contributed by atoms with Gasteiger partial charge >= 0.3 is 0 Å². The van der Waals surface area contributed by atoms with Crippen molar-refractivity contribution in [3.63, 3.8) is 0 Å². The lowest BCUT2D eigenvalue weighted by Crippen LogP contribution is -2.32. The average Bonchev–Trinajstić information content (AvgIpc) is 3.05. The lowest BCUT2D eigenvalue weighted by molar-refractivity contribution is -0.120. The van der Waals surface area contributed by atoms with E-state index in [1.54, 1.807) is 43.5 Å². The molecule has 6 nitrogen and oxygen atoms in total. The molecule has 3 aromatic rings. The Morgan fingerprint density at radius 1 is 0.750 bits per heavy atom. The Morgan fingerprint density at radius 2 is 1.41 bits per heavy atom. The van der Waals surface area contributed by atoms with E-state index in [1.807, 2.05) is 44.2 Å². The van der Waals surface area contributed by atoms with Gasteiger partial charge in [-0.15, -0.1) is 0 Å². The zero-order valence-electron chi connectivity index (χ0n) is 18.4. The summed E-state index contributed by atoms with van der Waals surface area (Å²) in [4.78, 5) is 28.4. The van der Waals surface area contributed by atoms with E-state index < -0.39 is 11.8 Å². The maximum Gasteiger partial charge on any atom is 0.282 e. The molecule has 1 aliphatic heterocycles. The lowest BCUT2D eigenvalue weighted by atomic mass is 9.99. The monoisotopic (exact) mass is 428 g/mol. The first kappa shape index (κ1) is 21.2. The summed E-state index contributed by atoms with van der Waals surface area (Å²) in [5.74, 6) is 0.126. The minimum Gasteiger partial charge on any atom is -0.495 e. The summed E-state index contributed by atoms with van der Waals surface area (Å²) in [5.41, 5.74) is 4.27. The number of nitrogens with zero attached hydrogens (tertiary/aromatic N) is 1. The van der Waals surface area contributed by atoms with Gasteiger partial charge in [-0.2, -0.15) is 0 Å². The number of anilines is 2. The van der Waals surface area contributed by atoms with Crippen LogP contribution in [0.25, 0.3) is 5.57 Å². The van der Waals surface area contributed by atoms with Crippen molar-refractivity contribution in [1.29, 1.82) is 0 Å². The minimum atomic E-state index is -0.460. The molecule has 32 heavy (non-hydrogen) atoms. The van der Waals surface area contributed by atoms with Crippen LogP contribution in [0.4, 0.5) is 11.4 Å². The Balaban J connectivity index is 1.89. The summed E-state index contributed by atoms with van der Waals surface area (Å²) < 4.78 is 10.8. The largest absolute Gasteiger partial charge is 0.495 e. The first-order chi connectivity index (χ1) is 15.5. The number of carbonyl (C=O) groups is 2. The van der Waals surface area contributed by atoms with Gasteiger partial charge in [-0.3, -0.25) is 9.59 Å². The highest BCUT2D eigenvalue weighted by Gasteiger charge is 2.41. The second-order valence-corrected chi connectivity index (χ2v) is 7.49. The van der Waals surface area contributed by atoms with E-state index in [0.29, 0.717) is 34.0 Å². The number of hydrogen-bond donors (Lipinski definition) is 1. The van der Waals surface area contributed by atoms with E-state index in [2.05, 4.69) is 5.32 Å². The molecule has 0 saturated carbocycles. The third-order valence-corrected chi connectivity index (χ3v) is 5.57. The summed E-state index contributed by atoms with van der Waals surface area (Å²) in [6.07, 6.45) is 0. The molecule has 3 aromatic carbocycles. The van der Waals surface area contributed by atoms with Crippen molar-refractivity contribution in [3.8, 4) is 11.5 Å². The number of aryl methyl sites for hydroxylation is 2. The number of carbonyl (C=O) groups excluding carboxylic acids is 2. The number of amides is 2. The molecular formula is C26H24N2O4. The molecular weight excluding hydrogens is 404 g/mol. The highest BCUT2D eigenvalue weighted by atomic mass is 16.5. The number of methoxy groups -OCH3 is 2. The van der Waals surface area contributed by atoms with Gasteiger partial charge in [0.15, 0.2) is 0 Å². The smallest absolute Gasteiger partial charge is 0.282 e. The quantitative estimate of drug-likeness (QED) is 0.576. The summed E-state index contributed by atoms with van der Waals surface area (Å²) in [6.45, 7) is 3.98. The van der Waals surface area contributed by atoms with Crippen LogP contribution in [0, 0.1) is 13.8 Å². The van der Waals surface area contributed by atoms with Gasteiger partial charge in [-0.05, 0) is 54.8 Å². The van der Waals surface area contributed by atoms with Crippen molar-refractivity contribution in [2.45, 2.75) is 13.8 Å². The Labute approximate surface area is 187 Å². The highest BCUT2D eigenvalue weighted by Crippen LogP contribution is 2.39. The van der Waals surface area contributed by atoms with E-state index in [4.69, 9.17) is 9.47 Å². The number of imide groups is 1. The highest BCUT2D eigenvalue weighted by molar-refractivity contribution is 6.46. The topological polar surface area (TPSA) is 67.9 Å². The average molecular weight is 428 g/mol. The maximum absolute atomic E-state index is 13.7. The first-order valence-corrected chi connectivity index (χ1v) is 10.2. The van der Waals surface area contributed by atoms with Crippen molar-refractivity contribution in [2.75, 3.05) is 24.4 Å². The third kappa shape index (κ3) is 3.60. The Kier molecular flexibility index (Phi) is 5.69. The van der Waals surface area contributed by atoms with Gasteiger partial charge < -0.3 is 14.8 Å². The normalized spacial score (nSPS) is 13.6. The molecule has 0 bridgehead atoms. The molecule has 1 N–H and O–H groups in total. The molecule has 0 aromatic heterocycles. The summed E-state index contributed by atoms with van der Waals surface area (Å²) >= 11 is 0. The van der Waals surface area contributed by atoms with Gasteiger partial charge in [-0.1, -0.05) is 42.5 Å². The van der Waals surface area contributed by atoms with Crippen LogP contribution in [0.3, 0.4) is 0 Å². The molecule has 0 aliphatic carbocycles. The Bertz CT molecular complexity index is 1250. The third-order valence-electron chi connectivity index (χ3n) is 5.57.